The molecule has 1 saturated heterocycles. The Kier molecular flexibility index (Phi) is 3.94. The topological polar surface area (TPSA) is 55.1 Å². The third-order valence-corrected chi connectivity index (χ3v) is 4.26. The number of rotatable bonds is 2. The van der Waals surface area contributed by atoms with Crippen LogP contribution in [0.25, 0.3) is 0 Å². The molecule has 3 N–H and O–H groups in total. The van der Waals surface area contributed by atoms with Crippen molar-refractivity contribution in [2.75, 3.05) is 12.3 Å². The lowest BCUT2D eigenvalue weighted by Gasteiger charge is -2.14. The van der Waals surface area contributed by atoms with Gasteiger partial charge in [-0.1, -0.05) is 6.07 Å². The van der Waals surface area contributed by atoms with Crippen LogP contribution < -0.4 is 11.1 Å². The predicted molar refractivity (Wildman–Crippen MR) is 72.1 cm³/mol. The van der Waals surface area contributed by atoms with Crippen molar-refractivity contribution in [3.63, 3.8) is 0 Å². The Morgan fingerprint density at radius 3 is 3.06 bits per heavy atom. The third-order valence-electron chi connectivity index (χ3n) is 2.90. The third kappa shape index (κ3) is 3.40. The lowest BCUT2D eigenvalue weighted by atomic mass is 10.2. The Hall–Kier alpha value is -1.16. The highest BCUT2D eigenvalue weighted by Gasteiger charge is 2.19. The van der Waals surface area contributed by atoms with Crippen LogP contribution >= 0.6 is 11.8 Å². The summed E-state index contributed by atoms with van der Waals surface area (Å²) < 4.78 is 0. The second kappa shape index (κ2) is 5.45. The number of thioether (sulfide) groups is 1. The van der Waals surface area contributed by atoms with Crippen molar-refractivity contribution >= 4 is 23.4 Å². The van der Waals surface area contributed by atoms with Crippen molar-refractivity contribution in [2.24, 2.45) is 0 Å². The second-order valence-electron chi connectivity index (χ2n) is 4.48. The van der Waals surface area contributed by atoms with Crippen LogP contribution in [0.4, 0.5) is 5.69 Å². The highest BCUT2D eigenvalue weighted by Crippen LogP contribution is 2.33. The van der Waals surface area contributed by atoms with Crippen molar-refractivity contribution < 1.29 is 4.79 Å². The van der Waals surface area contributed by atoms with E-state index in [0.717, 1.165) is 30.0 Å². The second-order valence-corrected chi connectivity index (χ2v) is 5.82. The SMILES string of the molecule is Cc1ccc(SC2CCCNC(=O)C2)c(N)c1. The zero-order valence-corrected chi connectivity index (χ0v) is 10.8. The van der Waals surface area contributed by atoms with Crippen LogP contribution in [0.1, 0.15) is 24.8 Å². The smallest absolute Gasteiger partial charge is 0.221 e. The van der Waals surface area contributed by atoms with E-state index in [1.165, 1.54) is 5.56 Å². The Morgan fingerprint density at radius 1 is 1.47 bits per heavy atom. The Morgan fingerprint density at radius 2 is 2.29 bits per heavy atom. The number of nitrogen functional groups attached to an aromatic ring is 1. The fourth-order valence-electron chi connectivity index (χ4n) is 1.99. The van der Waals surface area contributed by atoms with Crippen molar-refractivity contribution in [1.29, 1.82) is 0 Å². The van der Waals surface area contributed by atoms with Gasteiger partial charge in [-0.3, -0.25) is 4.79 Å². The molecule has 0 spiro atoms. The molecule has 1 unspecified atom stereocenters. The molecule has 2 rings (SSSR count). The molecule has 0 radical (unpaired) electrons. The number of anilines is 1. The van der Waals surface area contributed by atoms with Gasteiger partial charge >= 0.3 is 0 Å². The van der Waals surface area contributed by atoms with E-state index in [0.29, 0.717) is 11.7 Å². The first-order valence-electron chi connectivity index (χ1n) is 5.94. The summed E-state index contributed by atoms with van der Waals surface area (Å²) in [6.45, 7) is 2.84. The van der Waals surface area contributed by atoms with Crippen molar-refractivity contribution in [3.8, 4) is 0 Å². The summed E-state index contributed by atoms with van der Waals surface area (Å²) in [5.74, 6) is 0.158. The summed E-state index contributed by atoms with van der Waals surface area (Å²) in [4.78, 5) is 12.6. The molecule has 4 heteroatoms. The maximum atomic E-state index is 11.5. The number of amides is 1. The molecule has 1 fully saturated rings. The maximum absolute atomic E-state index is 11.5. The first kappa shape index (κ1) is 12.3. The summed E-state index contributed by atoms with van der Waals surface area (Å²) >= 11 is 1.73. The molecule has 0 saturated carbocycles. The zero-order valence-electron chi connectivity index (χ0n) is 10.0. The van der Waals surface area contributed by atoms with Crippen LogP contribution in [-0.4, -0.2) is 17.7 Å². The molecule has 1 atom stereocenters. The Balaban J connectivity index is 2.06. The Labute approximate surface area is 106 Å². The monoisotopic (exact) mass is 250 g/mol. The summed E-state index contributed by atoms with van der Waals surface area (Å²) in [5.41, 5.74) is 7.98. The summed E-state index contributed by atoms with van der Waals surface area (Å²) in [6, 6.07) is 6.10. The van der Waals surface area contributed by atoms with Crippen molar-refractivity contribution in [1.82, 2.24) is 5.32 Å². The van der Waals surface area contributed by atoms with Gasteiger partial charge in [0.25, 0.3) is 0 Å². The number of carbonyl (C=O) groups is 1. The highest BCUT2D eigenvalue weighted by atomic mass is 32.2. The van der Waals surface area contributed by atoms with Gasteiger partial charge < -0.3 is 11.1 Å². The van der Waals surface area contributed by atoms with E-state index < -0.39 is 0 Å². The van der Waals surface area contributed by atoms with Gasteiger partial charge in [0.15, 0.2) is 0 Å². The minimum Gasteiger partial charge on any atom is -0.398 e. The quantitative estimate of drug-likeness (QED) is 0.792. The normalized spacial score (nSPS) is 20.8. The van der Waals surface area contributed by atoms with Gasteiger partial charge in [0.2, 0.25) is 5.91 Å². The molecular weight excluding hydrogens is 232 g/mol. The van der Waals surface area contributed by atoms with E-state index in [9.17, 15) is 4.79 Å². The molecule has 1 heterocycles. The van der Waals surface area contributed by atoms with Crippen LogP contribution in [0.2, 0.25) is 0 Å². The zero-order chi connectivity index (χ0) is 12.3. The van der Waals surface area contributed by atoms with E-state index in [-0.39, 0.29) is 5.91 Å². The molecule has 1 aliphatic heterocycles. The molecule has 1 aliphatic rings. The summed E-state index contributed by atoms with van der Waals surface area (Å²) in [7, 11) is 0. The number of nitrogens with one attached hydrogen (secondary N) is 1. The molecule has 0 aromatic heterocycles. The van der Waals surface area contributed by atoms with Gasteiger partial charge in [0.1, 0.15) is 0 Å². The molecule has 3 nitrogen and oxygen atoms in total. The molecule has 1 aromatic carbocycles. The van der Waals surface area contributed by atoms with Gasteiger partial charge in [-0.15, -0.1) is 11.8 Å². The lowest BCUT2D eigenvalue weighted by molar-refractivity contribution is -0.120. The van der Waals surface area contributed by atoms with Gasteiger partial charge in [-0.2, -0.15) is 0 Å². The number of benzene rings is 1. The highest BCUT2D eigenvalue weighted by molar-refractivity contribution is 8.00. The number of nitrogens with two attached hydrogens (primary N) is 1. The number of hydrogen-bond acceptors (Lipinski definition) is 3. The average Bonchev–Trinajstić information content (AvgIpc) is 2.47. The molecule has 1 aromatic rings. The first-order chi connectivity index (χ1) is 8.15. The van der Waals surface area contributed by atoms with Crippen LogP contribution in [-0.2, 0) is 4.79 Å². The standard InChI is InChI=1S/C13H18N2OS/c1-9-4-5-12(11(14)7-9)17-10-3-2-6-15-13(16)8-10/h4-5,7,10H,2-3,6,8,14H2,1H3,(H,15,16). The maximum Gasteiger partial charge on any atom is 0.221 e. The minimum atomic E-state index is 0.158. The summed E-state index contributed by atoms with van der Waals surface area (Å²) in [5, 5.41) is 3.25. The van der Waals surface area contributed by atoms with Gasteiger partial charge in [-0.25, -0.2) is 0 Å². The molecule has 17 heavy (non-hydrogen) atoms. The fourth-order valence-corrected chi connectivity index (χ4v) is 3.21. The largest absolute Gasteiger partial charge is 0.398 e. The van der Waals surface area contributed by atoms with E-state index in [4.69, 9.17) is 5.73 Å². The van der Waals surface area contributed by atoms with Gasteiger partial charge in [0.05, 0.1) is 0 Å². The van der Waals surface area contributed by atoms with E-state index in [2.05, 4.69) is 17.4 Å². The molecule has 0 aliphatic carbocycles. The molecular formula is C13H18N2OS. The summed E-state index contributed by atoms with van der Waals surface area (Å²) in [6.07, 6.45) is 2.71. The van der Waals surface area contributed by atoms with Crippen LogP contribution in [0, 0.1) is 6.92 Å². The first-order valence-corrected chi connectivity index (χ1v) is 6.82. The van der Waals surface area contributed by atoms with E-state index in [1.807, 2.05) is 13.0 Å². The molecule has 1 amide bonds. The van der Waals surface area contributed by atoms with Gasteiger partial charge in [0, 0.05) is 28.8 Å². The van der Waals surface area contributed by atoms with Crippen molar-refractivity contribution in [3.05, 3.63) is 23.8 Å². The van der Waals surface area contributed by atoms with Gasteiger partial charge in [-0.05, 0) is 37.5 Å². The van der Waals surface area contributed by atoms with Crippen LogP contribution in [0.15, 0.2) is 23.1 Å². The molecule has 92 valence electrons. The van der Waals surface area contributed by atoms with Crippen LogP contribution in [0.3, 0.4) is 0 Å². The number of carbonyl (C=O) groups excluding carboxylic acids is 1. The van der Waals surface area contributed by atoms with E-state index >= 15 is 0 Å². The predicted octanol–water partition coefficient (Wildman–Crippen LogP) is 2.34. The van der Waals surface area contributed by atoms with Crippen molar-refractivity contribution in [2.45, 2.75) is 36.3 Å². The van der Waals surface area contributed by atoms with E-state index in [1.54, 1.807) is 11.8 Å². The number of aryl methyl sites for hydroxylation is 1. The average molecular weight is 250 g/mol. The number of hydrogen-bond donors (Lipinski definition) is 2. The van der Waals surface area contributed by atoms with Crippen LogP contribution in [0.5, 0.6) is 0 Å². The Bertz CT molecular complexity index is 420. The lowest BCUT2D eigenvalue weighted by Crippen LogP contribution is -2.22. The molecule has 0 bridgehead atoms. The fraction of sp³-hybridized carbons (Fsp3) is 0.462. The minimum absolute atomic E-state index is 0.158.